The summed E-state index contributed by atoms with van der Waals surface area (Å²) in [4.78, 5) is 0. The second-order valence-corrected chi connectivity index (χ2v) is 5.42. The van der Waals surface area contributed by atoms with Crippen LogP contribution in [-0.2, 0) is 12.8 Å². The van der Waals surface area contributed by atoms with Crippen molar-refractivity contribution in [3.8, 4) is 0 Å². The number of hydrogen-bond donors (Lipinski definition) is 2. The molecule has 3 N–H and O–H groups in total. The van der Waals surface area contributed by atoms with Gasteiger partial charge in [-0.15, -0.1) is 0 Å². The Kier molecular flexibility index (Phi) is 5.38. The Morgan fingerprint density at radius 2 is 1.70 bits per heavy atom. The van der Waals surface area contributed by atoms with Gasteiger partial charge in [-0.2, -0.15) is 0 Å². The van der Waals surface area contributed by atoms with Gasteiger partial charge in [0.1, 0.15) is 5.82 Å². The summed E-state index contributed by atoms with van der Waals surface area (Å²) in [5, 5.41) is 1.22. The summed E-state index contributed by atoms with van der Waals surface area (Å²) in [6.07, 6.45) is 1.17. The largest absolute Gasteiger partial charge is 0.271 e. The number of hydrogen-bond acceptors (Lipinski definition) is 2. The van der Waals surface area contributed by atoms with Crippen LogP contribution < -0.4 is 11.3 Å². The van der Waals surface area contributed by atoms with Crippen LogP contribution >= 0.6 is 23.2 Å². The molecule has 106 valence electrons. The predicted octanol–water partition coefficient (Wildman–Crippen LogP) is 3.75. The van der Waals surface area contributed by atoms with Crippen molar-refractivity contribution in [2.75, 3.05) is 0 Å². The molecule has 0 aliphatic rings. The molecule has 0 saturated heterocycles. The molecule has 2 nitrogen and oxygen atoms in total. The zero-order chi connectivity index (χ0) is 14.5. The Morgan fingerprint density at radius 3 is 2.30 bits per heavy atom. The second-order valence-electron chi connectivity index (χ2n) is 4.60. The Morgan fingerprint density at radius 1 is 1.05 bits per heavy atom. The maximum absolute atomic E-state index is 13.2. The SMILES string of the molecule is NNC(Cc1cccc(F)c1)Cc1c(Cl)cccc1Cl. The van der Waals surface area contributed by atoms with Gasteiger partial charge in [-0.25, -0.2) is 4.39 Å². The molecule has 2 aromatic rings. The predicted molar refractivity (Wildman–Crippen MR) is 81.4 cm³/mol. The average molecular weight is 313 g/mol. The summed E-state index contributed by atoms with van der Waals surface area (Å²) < 4.78 is 13.2. The van der Waals surface area contributed by atoms with E-state index in [0.29, 0.717) is 22.9 Å². The first kappa shape index (κ1) is 15.3. The average Bonchev–Trinajstić information content (AvgIpc) is 2.42. The molecule has 0 spiro atoms. The van der Waals surface area contributed by atoms with Gasteiger partial charge in [-0.1, -0.05) is 41.4 Å². The van der Waals surface area contributed by atoms with Crippen molar-refractivity contribution in [1.82, 2.24) is 5.43 Å². The standard InChI is InChI=1S/C15H15Cl2FN2/c16-14-5-2-6-15(17)13(14)9-12(20-19)8-10-3-1-4-11(18)7-10/h1-7,12,20H,8-9,19H2. The van der Waals surface area contributed by atoms with Crippen molar-refractivity contribution in [2.24, 2.45) is 5.84 Å². The minimum Gasteiger partial charge on any atom is -0.271 e. The molecule has 0 aliphatic carbocycles. The van der Waals surface area contributed by atoms with Gasteiger partial charge in [-0.05, 0) is 48.2 Å². The molecule has 0 bridgehead atoms. The molecule has 0 aliphatic heterocycles. The lowest BCUT2D eigenvalue weighted by atomic mass is 9.99. The van der Waals surface area contributed by atoms with Crippen LogP contribution in [0.3, 0.4) is 0 Å². The van der Waals surface area contributed by atoms with E-state index < -0.39 is 0 Å². The highest BCUT2D eigenvalue weighted by atomic mass is 35.5. The highest BCUT2D eigenvalue weighted by molar-refractivity contribution is 6.36. The van der Waals surface area contributed by atoms with Crippen molar-refractivity contribution in [1.29, 1.82) is 0 Å². The normalized spacial score (nSPS) is 12.4. The summed E-state index contributed by atoms with van der Waals surface area (Å²) in [6.45, 7) is 0. The van der Waals surface area contributed by atoms with E-state index in [9.17, 15) is 4.39 Å². The van der Waals surface area contributed by atoms with Crippen LogP contribution in [0.2, 0.25) is 10.0 Å². The Hall–Kier alpha value is -1.13. The van der Waals surface area contributed by atoms with Crippen molar-refractivity contribution in [3.05, 3.63) is 69.5 Å². The molecular formula is C15H15Cl2FN2. The van der Waals surface area contributed by atoms with E-state index in [1.807, 2.05) is 6.07 Å². The molecular weight excluding hydrogens is 298 g/mol. The Balaban J connectivity index is 2.13. The van der Waals surface area contributed by atoms with Crippen molar-refractivity contribution in [3.63, 3.8) is 0 Å². The van der Waals surface area contributed by atoms with Crippen LogP contribution in [0.1, 0.15) is 11.1 Å². The first-order valence-electron chi connectivity index (χ1n) is 6.23. The van der Waals surface area contributed by atoms with E-state index in [1.54, 1.807) is 24.3 Å². The van der Waals surface area contributed by atoms with E-state index >= 15 is 0 Å². The van der Waals surface area contributed by atoms with Crippen LogP contribution in [0.4, 0.5) is 4.39 Å². The molecule has 20 heavy (non-hydrogen) atoms. The van der Waals surface area contributed by atoms with E-state index in [-0.39, 0.29) is 11.9 Å². The number of hydrazine groups is 1. The molecule has 0 fully saturated rings. The van der Waals surface area contributed by atoms with Crippen molar-refractivity contribution >= 4 is 23.2 Å². The van der Waals surface area contributed by atoms with E-state index in [2.05, 4.69) is 5.43 Å². The van der Waals surface area contributed by atoms with Gasteiger partial charge in [0.15, 0.2) is 0 Å². The summed E-state index contributed by atoms with van der Waals surface area (Å²) in [6, 6.07) is 11.8. The first-order chi connectivity index (χ1) is 9.60. The smallest absolute Gasteiger partial charge is 0.123 e. The maximum atomic E-state index is 13.2. The lowest BCUT2D eigenvalue weighted by Crippen LogP contribution is -2.38. The monoisotopic (exact) mass is 312 g/mol. The highest BCUT2D eigenvalue weighted by Gasteiger charge is 2.14. The minimum absolute atomic E-state index is 0.0748. The van der Waals surface area contributed by atoms with Gasteiger partial charge in [0, 0.05) is 16.1 Å². The fourth-order valence-corrected chi connectivity index (χ4v) is 2.66. The van der Waals surface area contributed by atoms with Crippen molar-refractivity contribution < 1.29 is 4.39 Å². The number of halogens is 3. The molecule has 0 heterocycles. The van der Waals surface area contributed by atoms with E-state index in [1.165, 1.54) is 12.1 Å². The lowest BCUT2D eigenvalue weighted by Gasteiger charge is -2.17. The topological polar surface area (TPSA) is 38.0 Å². The fraction of sp³-hybridized carbons (Fsp3) is 0.200. The zero-order valence-corrected chi connectivity index (χ0v) is 12.3. The number of nitrogens with two attached hydrogens (primary N) is 1. The third-order valence-corrected chi connectivity index (χ3v) is 3.83. The third kappa shape index (κ3) is 3.93. The second kappa shape index (κ2) is 7.04. The van der Waals surface area contributed by atoms with Gasteiger partial charge in [0.2, 0.25) is 0 Å². The molecule has 1 atom stereocenters. The zero-order valence-electron chi connectivity index (χ0n) is 10.7. The van der Waals surface area contributed by atoms with Crippen LogP contribution in [0.25, 0.3) is 0 Å². The number of rotatable bonds is 5. The van der Waals surface area contributed by atoms with E-state index in [0.717, 1.165) is 11.1 Å². The van der Waals surface area contributed by atoms with Crippen LogP contribution in [-0.4, -0.2) is 6.04 Å². The molecule has 1 unspecified atom stereocenters. The highest BCUT2D eigenvalue weighted by Crippen LogP contribution is 2.26. The van der Waals surface area contributed by atoms with Crippen LogP contribution in [0, 0.1) is 5.82 Å². The molecule has 0 aromatic heterocycles. The summed E-state index contributed by atoms with van der Waals surface area (Å²) in [5.74, 6) is 5.32. The minimum atomic E-state index is -0.256. The molecule has 2 rings (SSSR count). The third-order valence-electron chi connectivity index (χ3n) is 3.12. The van der Waals surface area contributed by atoms with Gasteiger partial charge in [0.05, 0.1) is 0 Å². The Bertz CT molecular complexity index is 570. The molecule has 2 aromatic carbocycles. The summed E-state index contributed by atoms with van der Waals surface area (Å²) >= 11 is 12.3. The molecule has 5 heteroatoms. The molecule has 0 amide bonds. The summed E-state index contributed by atoms with van der Waals surface area (Å²) in [5.41, 5.74) is 4.45. The van der Waals surface area contributed by atoms with E-state index in [4.69, 9.17) is 29.0 Å². The van der Waals surface area contributed by atoms with Gasteiger partial charge in [-0.3, -0.25) is 11.3 Å². The maximum Gasteiger partial charge on any atom is 0.123 e. The summed E-state index contributed by atoms with van der Waals surface area (Å²) in [7, 11) is 0. The molecule has 0 saturated carbocycles. The Labute approximate surface area is 127 Å². The van der Waals surface area contributed by atoms with Crippen molar-refractivity contribution in [2.45, 2.75) is 18.9 Å². The van der Waals surface area contributed by atoms with Crippen LogP contribution in [0.5, 0.6) is 0 Å². The molecule has 0 radical (unpaired) electrons. The quantitative estimate of drug-likeness (QED) is 0.652. The van der Waals surface area contributed by atoms with Crippen LogP contribution in [0.15, 0.2) is 42.5 Å². The first-order valence-corrected chi connectivity index (χ1v) is 6.99. The van der Waals surface area contributed by atoms with Gasteiger partial charge >= 0.3 is 0 Å². The number of benzene rings is 2. The van der Waals surface area contributed by atoms with Gasteiger partial charge < -0.3 is 0 Å². The fourth-order valence-electron chi connectivity index (χ4n) is 2.11. The van der Waals surface area contributed by atoms with Gasteiger partial charge in [0.25, 0.3) is 0 Å². The number of nitrogens with one attached hydrogen (secondary N) is 1. The lowest BCUT2D eigenvalue weighted by molar-refractivity contribution is 0.520.